The van der Waals surface area contributed by atoms with Crippen molar-refractivity contribution in [1.29, 1.82) is 0 Å². The van der Waals surface area contributed by atoms with Gasteiger partial charge in [-0.25, -0.2) is 0 Å². The Bertz CT molecular complexity index is 2850. The number of anilines is 2. The molecule has 0 spiro atoms. The van der Waals surface area contributed by atoms with E-state index in [1.54, 1.807) is 0 Å². The van der Waals surface area contributed by atoms with E-state index >= 15 is 0 Å². The fourth-order valence-electron chi connectivity index (χ4n) is 9.27. The molecule has 4 heteroatoms. The van der Waals surface area contributed by atoms with Gasteiger partial charge in [0.25, 0.3) is 0 Å². The number of fused-ring (bicyclic) bond motifs is 4. The zero-order valence-electron chi connectivity index (χ0n) is 28.4. The molecule has 2 aliphatic heterocycles. The van der Waals surface area contributed by atoms with Gasteiger partial charge in [0.05, 0.1) is 27.8 Å². The number of benzene rings is 7. The first-order valence-electron chi connectivity index (χ1n) is 17.7. The maximum absolute atomic E-state index is 3.80. The Labute approximate surface area is 291 Å². The predicted molar refractivity (Wildman–Crippen MR) is 214 cm³/mol. The van der Waals surface area contributed by atoms with Gasteiger partial charge in [0, 0.05) is 49.6 Å². The molecule has 0 radical (unpaired) electrons. The van der Waals surface area contributed by atoms with Crippen LogP contribution in [0, 0.1) is 6.92 Å². The van der Waals surface area contributed by atoms with Gasteiger partial charge in [-0.1, -0.05) is 128 Å². The van der Waals surface area contributed by atoms with Crippen molar-refractivity contribution in [3.8, 4) is 22.5 Å². The molecule has 0 saturated carbocycles. The van der Waals surface area contributed by atoms with Crippen LogP contribution in [0.3, 0.4) is 0 Å². The molecule has 0 fully saturated rings. The van der Waals surface area contributed by atoms with E-state index in [-0.39, 0.29) is 5.41 Å². The lowest BCUT2D eigenvalue weighted by Gasteiger charge is -2.37. The molecule has 11 rings (SSSR count). The van der Waals surface area contributed by atoms with Crippen LogP contribution in [0.4, 0.5) is 11.4 Å². The molecule has 0 unspecified atom stereocenters. The van der Waals surface area contributed by atoms with Crippen molar-refractivity contribution in [2.24, 2.45) is 0 Å². The minimum absolute atomic E-state index is 0.118. The van der Waals surface area contributed by atoms with E-state index < -0.39 is 0 Å². The summed E-state index contributed by atoms with van der Waals surface area (Å²) in [5.74, 6) is 0. The van der Waals surface area contributed by atoms with Crippen LogP contribution in [-0.4, -0.2) is 16.4 Å². The molecule has 2 aromatic heterocycles. The highest BCUT2D eigenvalue weighted by Gasteiger charge is 2.40. The Balaban J connectivity index is 1.34. The molecule has 2 aliphatic rings. The van der Waals surface area contributed by atoms with Gasteiger partial charge in [-0.2, -0.15) is 0 Å². The van der Waals surface area contributed by atoms with Gasteiger partial charge in [-0.05, 0) is 65.5 Å². The third-order valence-electron chi connectivity index (χ3n) is 11.6. The van der Waals surface area contributed by atoms with Crippen molar-refractivity contribution >= 4 is 73.2 Å². The zero-order valence-corrected chi connectivity index (χ0v) is 28.4. The molecule has 0 aliphatic carbocycles. The van der Waals surface area contributed by atoms with E-state index in [1.807, 2.05) is 0 Å². The number of nitrogens with zero attached hydrogens (tertiary/aromatic N) is 2. The third kappa shape index (κ3) is 3.55. The molecule has 0 bridgehead atoms. The summed E-state index contributed by atoms with van der Waals surface area (Å²) < 4.78 is 5.18. The van der Waals surface area contributed by atoms with Crippen molar-refractivity contribution in [3.05, 3.63) is 156 Å². The molecular formula is C46H34BN3. The first-order chi connectivity index (χ1) is 24.5. The predicted octanol–water partition coefficient (Wildman–Crippen LogP) is 9.94. The molecule has 7 aromatic carbocycles. The van der Waals surface area contributed by atoms with Gasteiger partial charge < -0.3 is 14.5 Å². The monoisotopic (exact) mass is 639 g/mol. The number of nitrogens with one attached hydrogen (secondary N) is 1. The number of aromatic nitrogens is 2. The summed E-state index contributed by atoms with van der Waals surface area (Å²) in [6.07, 6.45) is 0. The smallest absolute Gasteiger partial charge is 0.198 e. The van der Waals surface area contributed by atoms with E-state index in [2.05, 4.69) is 175 Å². The van der Waals surface area contributed by atoms with Gasteiger partial charge in [0.15, 0.2) is 7.28 Å². The molecule has 9 aromatic rings. The van der Waals surface area contributed by atoms with Gasteiger partial charge in [-0.15, -0.1) is 0 Å². The minimum atomic E-state index is -0.118. The van der Waals surface area contributed by atoms with Gasteiger partial charge in [0.1, 0.15) is 0 Å². The first kappa shape index (κ1) is 27.9. The fraction of sp³-hybridized carbons (Fsp3) is 0.0870. The molecule has 4 heterocycles. The summed E-state index contributed by atoms with van der Waals surface area (Å²) >= 11 is 0. The molecule has 0 saturated heterocycles. The van der Waals surface area contributed by atoms with E-state index in [4.69, 9.17) is 0 Å². The van der Waals surface area contributed by atoms with Crippen molar-refractivity contribution in [3.63, 3.8) is 0 Å². The molecular weight excluding hydrogens is 605 g/mol. The number of aryl methyl sites for hydroxylation is 1. The molecule has 1 N–H and O–H groups in total. The quantitative estimate of drug-likeness (QED) is 0.190. The first-order valence-corrected chi connectivity index (χ1v) is 17.7. The highest BCUT2D eigenvalue weighted by atomic mass is 15.0. The SMILES string of the molecule is Cc1ccc(Nc2ccccc2-c2cc(-n3c4ccccc4c4ccccc43)c3c4cccc5c4n4c3c2Bc2cccc(c2-4)C5(C)C)cc1. The van der Waals surface area contributed by atoms with Crippen LogP contribution in [0.15, 0.2) is 140 Å². The summed E-state index contributed by atoms with van der Waals surface area (Å²) in [5.41, 5.74) is 19.1. The zero-order chi connectivity index (χ0) is 33.3. The molecule has 236 valence electrons. The summed E-state index contributed by atoms with van der Waals surface area (Å²) in [6.45, 7) is 6.94. The lowest BCUT2D eigenvalue weighted by atomic mass is 9.57. The fourth-order valence-corrected chi connectivity index (χ4v) is 9.27. The van der Waals surface area contributed by atoms with Gasteiger partial charge in [-0.3, -0.25) is 0 Å². The van der Waals surface area contributed by atoms with Crippen LogP contribution in [0.25, 0.3) is 66.1 Å². The van der Waals surface area contributed by atoms with Crippen LogP contribution in [0.5, 0.6) is 0 Å². The second-order valence-corrected chi connectivity index (χ2v) is 14.7. The van der Waals surface area contributed by atoms with Gasteiger partial charge in [0.2, 0.25) is 0 Å². The second-order valence-electron chi connectivity index (χ2n) is 14.7. The molecule has 0 amide bonds. The standard InChI is InChI=1S/C46H34BN3/c1-27-22-24-28(25-23-27)48-37-19-7-4-12-29(37)33-26-40(49-38-20-8-5-13-30(38)31-14-6-9-21-39(31)49)41-32-15-10-16-34-43(32)50-44-35(46(34,2)3)17-11-18-36(44)47-42(33)45(41)50/h4-26,47-48H,1-3H3. The molecule has 0 atom stereocenters. The van der Waals surface area contributed by atoms with Gasteiger partial charge >= 0.3 is 0 Å². The largest absolute Gasteiger partial charge is 0.355 e. The number of para-hydroxylation sites is 5. The summed E-state index contributed by atoms with van der Waals surface area (Å²) in [6, 6.07) is 51.8. The van der Waals surface area contributed by atoms with Crippen LogP contribution in [0.2, 0.25) is 0 Å². The topological polar surface area (TPSA) is 21.9 Å². The Hall–Kier alpha value is -6.00. The van der Waals surface area contributed by atoms with Crippen LogP contribution < -0.4 is 16.2 Å². The molecule has 3 nitrogen and oxygen atoms in total. The van der Waals surface area contributed by atoms with Crippen LogP contribution in [-0.2, 0) is 5.41 Å². The third-order valence-corrected chi connectivity index (χ3v) is 11.6. The van der Waals surface area contributed by atoms with Crippen LogP contribution in [0.1, 0.15) is 30.5 Å². The summed E-state index contributed by atoms with van der Waals surface area (Å²) in [5, 5.41) is 9.01. The maximum atomic E-state index is 3.80. The van der Waals surface area contributed by atoms with E-state index in [9.17, 15) is 0 Å². The van der Waals surface area contributed by atoms with Crippen LogP contribution >= 0.6 is 0 Å². The van der Waals surface area contributed by atoms with E-state index in [1.165, 1.54) is 93.7 Å². The Morgan fingerprint density at radius 1 is 0.580 bits per heavy atom. The highest BCUT2D eigenvalue weighted by molar-refractivity contribution is 6.73. The average Bonchev–Trinajstić information content (AvgIpc) is 3.67. The Morgan fingerprint density at radius 2 is 1.24 bits per heavy atom. The maximum Gasteiger partial charge on any atom is 0.198 e. The number of hydrogen-bond donors (Lipinski definition) is 1. The van der Waals surface area contributed by atoms with E-state index in [0.717, 1.165) is 18.7 Å². The Morgan fingerprint density at radius 3 is 2.02 bits per heavy atom. The minimum Gasteiger partial charge on any atom is -0.355 e. The van der Waals surface area contributed by atoms with Crippen molar-refractivity contribution in [2.45, 2.75) is 26.2 Å². The lowest BCUT2D eigenvalue weighted by molar-refractivity contribution is 0.631. The average molecular weight is 640 g/mol. The summed E-state index contributed by atoms with van der Waals surface area (Å²) in [4.78, 5) is 0. The molecule has 50 heavy (non-hydrogen) atoms. The number of rotatable bonds is 4. The highest BCUT2D eigenvalue weighted by Crippen LogP contribution is 2.50. The normalized spacial score (nSPS) is 13.8. The van der Waals surface area contributed by atoms with Crippen molar-refractivity contribution in [2.75, 3.05) is 5.32 Å². The van der Waals surface area contributed by atoms with E-state index in [0.29, 0.717) is 0 Å². The number of hydrogen-bond acceptors (Lipinski definition) is 1. The lowest BCUT2D eigenvalue weighted by Crippen LogP contribution is -2.41. The van der Waals surface area contributed by atoms with Crippen molar-refractivity contribution < 1.29 is 0 Å². The Kier molecular flexibility index (Phi) is 5.47. The second kappa shape index (κ2) is 9.80. The van der Waals surface area contributed by atoms with Crippen molar-refractivity contribution in [1.82, 2.24) is 9.13 Å². The summed E-state index contributed by atoms with van der Waals surface area (Å²) in [7, 11) is 0.878.